The number of carbonyl (C=O) groups excluding carboxylic acids is 2. The Morgan fingerprint density at radius 3 is 1.30 bits per heavy atom. The summed E-state index contributed by atoms with van der Waals surface area (Å²) in [4.78, 5) is 25.0. The standard InChI is InChI=1S/C70H129NO10/c1-3-5-7-9-11-13-36-40-44-48-52-56-63(73)62(61-80-70-69(78)68(77)67(76)64(60-72)81-70)71-65(74)57-53-49-45-41-38-34-32-30-28-26-24-22-20-18-16-15-17-19-21-23-25-27-29-31-33-35-39-43-47-51-55-59-79-66(75)58-54-50-46-42-37-14-12-10-8-6-4-2/h10,12,17,19,23,25,52,56,62-64,67-70,72-73,76-78H,3-9,11,13-16,18,20-22,24,26-51,53-55,57-61H2,1-2H3,(H,71,74)/b12-10-,19-17-,25-23-,56-52+. The van der Waals surface area contributed by atoms with Gasteiger partial charge in [-0.25, -0.2) is 0 Å². The minimum absolute atomic E-state index is 0.00609. The van der Waals surface area contributed by atoms with Crippen molar-refractivity contribution in [2.75, 3.05) is 19.8 Å². The molecule has 0 aliphatic carbocycles. The van der Waals surface area contributed by atoms with Crippen LogP contribution in [0.2, 0.25) is 0 Å². The van der Waals surface area contributed by atoms with Crippen LogP contribution in [-0.4, -0.2) is 100 Å². The zero-order valence-corrected chi connectivity index (χ0v) is 52.5. The molecule has 0 spiro atoms. The average Bonchev–Trinajstić information content (AvgIpc) is 3.47. The van der Waals surface area contributed by atoms with Crippen molar-refractivity contribution in [3.8, 4) is 0 Å². The highest BCUT2D eigenvalue weighted by Gasteiger charge is 2.44. The zero-order chi connectivity index (χ0) is 58.7. The molecule has 1 heterocycles. The number of rotatable bonds is 60. The number of hydrogen-bond acceptors (Lipinski definition) is 10. The van der Waals surface area contributed by atoms with E-state index in [-0.39, 0.29) is 18.5 Å². The molecule has 1 aliphatic heterocycles. The van der Waals surface area contributed by atoms with Crippen LogP contribution in [0.15, 0.2) is 48.6 Å². The van der Waals surface area contributed by atoms with E-state index in [1.807, 2.05) is 6.08 Å². The maximum Gasteiger partial charge on any atom is 0.305 e. The Balaban J connectivity index is 1.97. The Bertz CT molecular complexity index is 1480. The van der Waals surface area contributed by atoms with Crippen molar-refractivity contribution < 1.29 is 49.3 Å². The molecule has 0 saturated carbocycles. The van der Waals surface area contributed by atoms with Gasteiger partial charge in [0.25, 0.3) is 0 Å². The van der Waals surface area contributed by atoms with Gasteiger partial charge < -0.3 is 45.1 Å². The highest BCUT2D eigenvalue weighted by Crippen LogP contribution is 2.23. The molecule has 1 rings (SSSR count). The van der Waals surface area contributed by atoms with Crippen LogP contribution >= 0.6 is 0 Å². The number of ether oxygens (including phenoxy) is 3. The third-order valence-electron chi connectivity index (χ3n) is 16.2. The molecule has 11 nitrogen and oxygen atoms in total. The van der Waals surface area contributed by atoms with Gasteiger partial charge in [0.2, 0.25) is 5.91 Å². The Kier molecular flexibility index (Phi) is 56.2. The Morgan fingerprint density at radius 2 is 0.840 bits per heavy atom. The second-order valence-corrected chi connectivity index (χ2v) is 23.9. The maximum absolute atomic E-state index is 13.0. The van der Waals surface area contributed by atoms with Crippen LogP contribution in [0.1, 0.15) is 322 Å². The first-order chi connectivity index (χ1) is 39.7. The first-order valence-electron chi connectivity index (χ1n) is 34.4. The van der Waals surface area contributed by atoms with Gasteiger partial charge in [0.05, 0.1) is 32.0 Å². The molecule has 0 aromatic heterocycles. The van der Waals surface area contributed by atoms with E-state index >= 15 is 0 Å². The predicted molar refractivity (Wildman–Crippen MR) is 338 cm³/mol. The summed E-state index contributed by atoms with van der Waals surface area (Å²) in [7, 11) is 0. The summed E-state index contributed by atoms with van der Waals surface area (Å²) < 4.78 is 16.7. The first kappa shape index (κ1) is 76.6. The van der Waals surface area contributed by atoms with Crippen LogP contribution in [-0.2, 0) is 23.8 Å². The quantitative estimate of drug-likeness (QED) is 0.0195. The first-order valence-corrected chi connectivity index (χ1v) is 34.4. The lowest BCUT2D eigenvalue weighted by Crippen LogP contribution is -2.60. The molecule has 6 N–H and O–H groups in total. The highest BCUT2D eigenvalue weighted by atomic mass is 16.7. The molecule has 0 bridgehead atoms. The van der Waals surface area contributed by atoms with E-state index in [0.717, 1.165) is 64.2 Å². The lowest BCUT2D eigenvalue weighted by molar-refractivity contribution is -0.302. The molecule has 81 heavy (non-hydrogen) atoms. The fourth-order valence-electron chi connectivity index (χ4n) is 10.7. The van der Waals surface area contributed by atoms with E-state index in [1.54, 1.807) is 6.08 Å². The molecule has 0 aromatic rings. The number of aliphatic hydroxyl groups excluding tert-OH is 5. The number of unbranched alkanes of at least 4 members (excludes halogenated alkanes) is 40. The van der Waals surface area contributed by atoms with Gasteiger partial charge in [0, 0.05) is 12.8 Å². The molecule has 1 fully saturated rings. The van der Waals surface area contributed by atoms with Gasteiger partial charge in [-0.05, 0) is 83.5 Å². The summed E-state index contributed by atoms with van der Waals surface area (Å²) in [6, 6.07) is -0.809. The topological polar surface area (TPSA) is 175 Å². The van der Waals surface area contributed by atoms with Crippen molar-refractivity contribution in [1.82, 2.24) is 5.32 Å². The number of carbonyl (C=O) groups is 2. The zero-order valence-electron chi connectivity index (χ0n) is 52.5. The van der Waals surface area contributed by atoms with E-state index in [1.165, 1.54) is 231 Å². The summed E-state index contributed by atoms with van der Waals surface area (Å²) in [6.45, 7) is 4.31. The number of esters is 1. The number of aliphatic hydroxyl groups is 5. The van der Waals surface area contributed by atoms with Crippen molar-refractivity contribution in [2.45, 2.75) is 365 Å². The molecule has 0 aromatic carbocycles. The van der Waals surface area contributed by atoms with E-state index < -0.39 is 49.5 Å². The predicted octanol–water partition coefficient (Wildman–Crippen LogP) is 17.2. The van der Waals surface area contributed by atoms with Crippen LogP contribution in [0.25, 0.3) is 0 Å². The SMILES string of the molecule is CCCC/C=C\CCCCCCCC(=O)OCCCCCCCCCCC/C=C\C/C=C\CCCCCCCCCCCCCCCCCC(=O)NC(COC1OC(CO)C(O)C(O)C1O)C(O)/C=C/CCCCCCCCCCC. The second kappa shape index (κ2) is 59.4. The fourth-order valence-corrected chi connectivity index (χ4v) is 10.7. The third-order valence-corrected chi connectivity index (χ3v) is 16.2. The molecule has 11 heteroatoms. The molecule has 0 radical (unpaired) electrons. The molecule has 1 saturated heterocycles. The van der Waals surface area contributed by atoms with Gasteiger partial charge in [-0.1, -0.05) is 274 Å². The fraction of sp³-hybridized carbons (Fsp3) is 0.857. The highest BCUT2D eigenvalue weighted by molar-refractivity contribution is 5.76. The monoisotopic (exact) mass is 1140 g/mol. The summed E-state index contributed by atoms with van der Waals surface area (Å²) in [5.41, 5.74) is 0. The van der Waals surface area contributed by atoms with Crippen molar-refractivity contribution in [1.29, 1.82) is 0 Å². The lowest BCUT2D eigenvalue weighted by atomic mass is 9.99. The van der Waals surface area contributed by atoms with Gasteiger partial charge >= 0.3 is 5.97 Å². The Hall–Kier alpha value is -2.38. The summed E-state index contributed by atoms with van der Waals surface area (Å²) in [6.07, 6.45) is 66.7. The van der Waals surface area contributed by atoms with Crippen molar-refractivity contribution in [3.05, 3.63) is 48.6 Å². The van der Waals surface area contributed by atoms with Crippen LogP contribution in [0, 0.1) is 0 Å². The molecule has 1 amide bonds. The molecule has 7 atom stereocenters. The largest absolute Gasteiger partial charge is 0.466 e. The van der Waals surface area contributed by atoms with Crippen molar-refractivity contribution >= 4 is 11.9 Å². The minimum atomic E-state index is -1.57. The maximum atomic E-state index is 13.0. The van der Waals surface area contributed by atoms with Gasteiger partial charge in [0.15, 0.2) is 6.29 Å². The minimum Gasteiger partial charge on any atom is -0.466 e. The van der Waals surface area contributed by atoms with E-state index in [0.29, 0.717) is 19.4 Å². The second-order valence-electron chi connectivity index (χ2n) is 23.9. The van der Waals surface area contributed by atoms with Gasteiger partial charge in [-0.15, -0.1) is 0 Å². The van der Waals surface area contributed by atoms with Crippen LogP contribution < -0.4 is 5.32 Å². The van der Waals surface area contributed by atoms with E-state index in [2.05, 4.69) is 55.6 Å². The third kappa shape index (κ3) is 48.5. The van der Waals surface area contributed by atoms with Crippen molar-refractivity contribution in [3.63, 3.8) is 0 Å². The number of allylic oxidation sites excluding steroid dienone is 7. The van der Waals surface area contributed by atoms with Crippen molar-refractivity contribution in [2.24, 2.45) is 0 Å². The Labute approximate surface area is 497 Å². The van der Waals surface area contributed by atoms with Gasteiger partial charge in [0.1, 0.15) is 24.4 Å². The molecule has 1 aliphatic rings. The average molecular weight is 1140 g/mol. The smallest absolute Gasteiger partial charge is 0.305 e. The lowest BCUT2D eigenvalue weighted by Gasteiger charge is -2.40. The molecular weight excluding hydrogens is 1010 g/mol. The van der Waals surface area contributed by atoms with Crippen LogP contribution in [0.3, 0.4) is 0 Å². The summed E-state index contributed by atoms with van der Waals surface area (Å²) >= 11 is 0. The van der Waals surface area contributed by atoms with Crippen LogP contribution in [0.4, 0.5) is 0 Å². The van der Waals surface area contributed by atoms with E-state index in [9.17, 15) is 35.1 Å². The summed E-state index contributed by atoms with van der Waals surface area (Å²) in [5, 5.41) is 54.4. The molecular formula is C70H129NO10. The number of nitrogens with one attached hydrogen (secondary N) is 1. The van der Waals surface area contributed by atoms with E-state index in [4.69, 9.17) is 14.2 Å². The molecule has 474 valence electrons. The normalized spacial score (nSPS) is 18.5. The van der Waals surface area contributed by atoms with Gasteiger partial charge in [-0.3, -0.25) is 9.59 Å². The van der Waals surface area contributed by atoms with Crippen LogP contribution in [0.5, 0.6) is 0 Å². The number of amides is 1. The summed E-state index contributed by atoms with van der Waals surface area (Å²) in [5.74, 6) is -0.187. The Morgan fingerprint density at radius 1 is 0.457 bits per heavy atom. The van der Waals surface area contributed by atoms with Gasteiger partial charge in [-0.2, -0.15) is 0 Å². The number of hydrogen-bond donors (Lipinski definition) is 6. The molecule has 7 unspecified atom stereocenters.